The van der Waals surface area contributed by atoms with Gasteiger partial charge in [-0.15, -0.1) is 0 Å². The second-order valence-corrected chi connectivity index (χ2v) is 5.52. The fraction of sp³-hybridized carbons (Fsp3) is 0.500. The van der Waals surface area contributed by atoms with Gasteiger partial charge < -0.3 is 10.0 Å². The lowest BCUT2D eigenvalue weighted by atomic mass is 10.2. The summed E-state index contributed by atoms with van der Waals surface area (Å²) in [6.45, 7) is 0.717. The fourth-order valence-electron chi connectivity index (χ4n) is 2.25. The Hall–Kier alpha value is -1.86. The molecule has 1 heterocycles. The summed E-state index contributed by atoms with van der Waals surface area (Å²) >= 11 is 0. The monoisotopic (exact) mass is 270 g/mol. The van der Waals surface area contributed by atoms with Gasteiger partial charge in [-0.1, -0.05) is 11.8 Å². The highest BCUT2D eigenvalue weighted by Gasteiger charge is 2.37. The molecular weight excluding hydrogens is 252 g/mol. The lowest BCUT2D eigenvalue weighted by Crippen LogP contribution is -2.35. The summed E-state index contributed by atoms with van der Waals surface area (Å²) in [5.74, 6) is 6.09. The molecule has 1 amide bonds. The quantitative estimate of drug-likeness (QED) is 0.842. The van der Waals surface area contributed by atoms with Gasteiger partial charge in [0.15, 0.2) is 0 Å². The maximum Gasteiger partial charge on any atom is 0.272 e. The van der Waals surface area contributed by atoms with Crippen molar-refractivity contribution in [1.82, 2.24) is 9.88 Å². The first-order valence-corrected chi connectivity index (χ1v) is 7.14. The number of hydrogen-bond donors (Lipinski definition) is 1. The molecule has 2 saturated carbocycles. The van der Waals surface area contributed by atoms with Crippen LogP contribution in [0.1, 0.15) is 41.7 Å². The first-order chi connectivity index (χ1) is 9.78. The predicted molar refractivity (Wildman–Crippen MR) is 75.0 cm³/mol. The molecule has 0 bridgehead atoms. The van der Waals surface area contributed by atoms with Gasteiger partial charge in [-0.3, -0.25) is 4.79 Å². The van der Waals surface area contributed by atoms with Gasteiger partial charge >= 0.3 is 0 Å². The first-order valence-electron chi connectivity index (χ1n) is 7.14. The zero-order valence-electron chi connectivity index (χ0n) is 11.4. The van der Waals surface area contributed by atoms with Gasteiger partial charge in [-0.25, -0.2) is 4.98 Å². The lowest BCUT2D eigenvalue weighted by Gasteiger charge is -2.21. The third kappa shape index (κ3) is 3.17. The molecule has 2 aliphatic rings. The molecule has 0 aliphatic heterocycles. The van der Waals surface area contributed by atoms with E-state index >= 15 is 0 Å². The average Bonchev–Trinajstić information content (AvgIpc) is 3.36. The molecule has 104 valence electrons. The molecule has 2 fully saturated rings. The molecule has 4 nitrogen and oxygen atoms in total. The van der Waals surface area contributed by atoms with E-state index in [9.17, 15) is 4.79 Å². The Balaban J connectivity index is 1.71. The van der Waals surface area contributed by atoms with Gasteiger partial charge in [0.05, 0.1) is 0 Å². The number of rotatable bonds is 4. The minimum atomic E-state index is -0.169. The summed E-state index contributed by atoms with van der Waals surface area (Å²) in [6.07, 6.45) is 6.34. The highest BCUT2D eigenvalue weighted by atomic mass is 16.2. The minimum absolute atomic E-state index is 0.0427. The number of aromatic nitrogens is 1. The van der Waals surface area contributed by atoms with E-state index in [0.29, 0.717) is 17.7 Å². The number of pyridine rings is 1. The van der Waals surface area contributed by atoms with E-state index in [1.54, 1.807) is 18.3 Å². The molecule has 0 saturated heterocycles. The minimum Gasteiger partial charge on any atom is -0.384 e. The number of nitrogens with zero attached hydrogens (tertiary/aromatic N) is 2. The Kier molecular flexibility index (Phi) is 3.70. The molecule has 20 heavy (non-hydrogen) atoms. The molecule has 0 radical (unpaired) electrons. The standard InChI is InChI=1S/C16H18N2O2/c19-9-1-2-12-5-8-15(17-10-12)16(20)18(14-6-7-14)11-13-3-4-13/h5,8,10,13-14,19H,3-4,6-7,9,11H2. The summed E-state index contributed by atoms with van der Waals surface area (Å²) in [7, 11) is 0. The highest BCUT2D eigenvalue weighted by Crippen LogP contribution is 2.35. The predicted octanol–water partition coefficient (Wildman–Crippen LogP) is 1.44. The maximum absolute atomic E-state index is 12.5. The second-order valence-electron chi connectivity index (χ2n) is 5.52. The van der Waals surface area contributed by atoms with Crippen molar-refractivity contribution < 1.29 is 9.90 Å². The summed E-state index contributed by atoms with van der Waals surface area (Å²) in [5.41, 5.74) is 1.21. The Bertz CT molecular complexity index is 548. The normalized spacial score (nSPS) is 17.2. The zero-order chi connectivity index (χ0) is 13.9. The van der Waals surface area contributed by atoms with Gasteiger partial charge in [0.1, 0.15) is 12.3 Å². The van der Waals surface area contributed by atoms with Crippen LogP contribution in [0.2, 0.25) is 0 Å². The molecule has 2 aliphatic carbocycles. The first kappa shape index (κ1) is 13.1. The topological polar surface area (TPSA) is 53.4 Å². The van der Waals surface area contributed by atoms with Gasteiger partial charge in [0, 0.05) is 24.3 Å². The van der Waals surface area contributed by atoms with Gasteiger partial charge in [0.25, 0.3) is 5.91 Å². The zero-order valence-corrected chi connectivity index (χ0v) is 11.4. The van der Waals surface area contributed by atoms with Gasteiger partial charge in [0.2, 0.25) is 0 Å². The molecule has 1 aromatic heterocycles. The number of hydrogen-bond acceptors (Lipinski definition) is 3. The SMILES string of the molecule is O=C(c1ccc(C#CCO)cn1)N(CC1CC1)C1CC1. The van der Waals surface area contributed by atoms with E-state index in [1.165, 1.54) is 12.8 Å². The van der Waals surface area contributed by atoms with E-state index in [0.717, 1.165) is 24.9 Å². The van der Waals surface area contributed by atoms with E-state index in [2.05, 4.69) is 16.8 Å². The lowest BCUT2D eigenvalue weighted by molar-refractivity contribution is 0.0729. The molecule has 3 rings (SSSR count). The Labute approximate surface area is 118 Å². The van der Waals surface area contributed by atoms with Crippen molar-refractivity contribution >= 4 is 5.91 Å². The molecule has 0 unspecified atom stereocenters. The number of carbonyl (C=O) groups excluding carboxylic acids is 1. The van der Waals surface area contributed by atoms with E-state index in [4.69, 9.17) is 5.11 Å². The molecule has 1 aromatic rings. The van der Waals surface area contributed by atoms with Crippen LogP contribution in [0.3, 0.4) is 0 Å². The second kappa shape index (κ2) is 5.64. The molecule has 0 spiro atoms. The summed E-state index contributed by atoms with van der Waals surface area (Å²) in [4.78, 5) is 18.7. The van der Waals surface area contributed by atoms with E-state index in [1.807, 2.05) is 4.90 Å². The summed E-state index contributed by atoms with van der Waals surface area (Å²) < 4.78 is 0. The molecule has 0 aromatic carbocycles. The number of amides is 1. The van der Waals surface area contributed by atoms with Crippen LogP contribution in [0.25, 0.3) is 0 Å². The smallest absolute Gasteiger partial charge is 0.272 e. The molecular formula is C16H18N2O2. The Morgan fingerprint density at radius 2 is 2.15 bits per heavy atom. The van der Waals surface area contributed by atoms with Crippen molar-refractivity contribution in [2.24, 2.45) is 5.92 Å². The maximum atomic E-state index is 12.5. The van der Waals surface area contributed by atoms with Crippen LogP contribution < -0.4 is 0 Å². The van der Waals surface area contributed by atoms with Crippen LogP contribution in [-0.4, -0.2) is 40.1 Å². The fourth-order valence-corrected chi connectivity index (χ4v) is 2.25. The number of carbonyl (C=O) groups is 1. The molecule has 0 atom stereocenters. The van der Waals surface area contributed by atoms with Crippen molar-refractivity contribution in [2.75, 3.05) is 13.2 Å². The van der Waals surface area contributed by atoms with Crippen LogP contribution >= 0.6 is 0 Å². The highest BCUT2D eigenvalue weighted by molar-refractivity contribution is 5.92. The summed E-state index contributed by atoms with van der Waals surface area (Å²) in [5, 5.41) is 8.65. The Morgan fingerprint density at radius 3 is 2.70 bits per heavy atom. The van der Waals surface area contributed by atoms with Crippen molar-refractivity contribution in [2.45, 2.75) is 31.7 Å². The van der Waals surface area contributed by atoms with Crippen LogP contribution in [0.4, 0.5) is 0 Å². The van der Waals surface area contributed by atoms with Crippen molar-refractivity contribution in [3.8, 4) is 11.8 Å². The van der Waals surface area contributed by atoms with E-state index in [-0.39, 0.29) is 12.5 Å². The molecule has 1 N–H and O–H groups in total. The number of aliphatic hydroxyl groups is 1. The largest absolute Gasteiger partial charge is 0.384 e. The van der Waals surface area contributed by atoms with Crippen molar-refractivity contribution in [3.05, 3.63) is 29.6 Å². The van der Waals surface area contributed by atoms with Crippen molar-refractivity contribution in [3.63, 3.8) is 0 Å². The van der Waals surface area contributed by atoms with Gasteiger partial charge in [-0.2, -0.15) is 0 Å². The van der Waals surface area contributed by atoms with Crippen LogP contribution in [0.5, 0.6) is 0 Å². The average molecular weight is 270 g/mol. The van der Waals surface area contributed by atoms with Gasteiger partial charge in [-0.05, 0) is 43.7 Å². The van der Waals surface area contributed by atoms with Crippen LogP contribution in [-0.2, 0) is 0 Å². The molecule has 4 heteroatoms. The summed E-state index contributed by atoms with van der Waals surface area (Å²) in [6, 6.07) is 3.94. The van der Waals surface area contributed by atoms with Crippen molar-refractivity contribution in [1.29, 1.82) is 0 Å². The number of aliphatic hydroxyl groups excluding tert-OH is 1. The third-order valence-electron chi connectivity index (χ3n) is 3.69. The van der Waals surface area contributed by atoms with Crippen LogP contribution in [0.15, 0.2) is 18.3 Å². The van der Waals surface area contributed by atoms with Crippen LogP contribution in [0, 0.1) is 17.8 Å². The van der Waals surface area contributed by atoms with E-state index < -0.39 is 0 Å². The Morgan fingerprint density at radius 1 is 1.35 bits per heavy atom. The third-order valence-corrected chi connectivity index (χ3v) is 3.69.